The van der Waals surface area contributed by atoms with Crippen molar-refractivity contribution in [2.45, 2.75) is 75.3 Å². The van der Waals surface area contributed by atoms with Gasteiger partial charge in [0.2, 0.25) is 0 Å². The van der Waals surface area contributed by atoms with E-state index in [1.54, 1.807) is 12.1 Å². The lowest BCUT2D eigenvalue weighted by atomic mass is 9.23. The van der Waals surface area contributed by atoms with Crippen LogP contribution in [0.4, 0.5) is 8.78 Å². The Morgan fingerprint density at radius 1 is 0.957 bits per heavy atom. The van der Waals surface area contributed by atoms with Crippen LogP contribution in [0.1, 0.15) is 64.5 Å². The fraction of sp³-hybridized carbons (Fsp3) is 0.667. The summed E-state index contributed by atoms with van der Waals surface area (Å²) in [5, 5.41) is 0.0142. The Labute approximate surface area is 136 Å². The van der Waals surface area contributed by atoms with Gasteiger partial charge in [-0.2, -0.15) is 0 Å². The molecule has 1 saturated heterocycles. The zero-order valence-corrected chi connectivity index (χ0v) is 14.2. The third kappa shape index (κ3) is 1.93. The van der Waals surface area contributed by atoms with Gasteiger partial charge in [-0.05, 0) is 57.9 Å². The molecule has 4 aliphatic rings. The van der Waals surface area contributed by atoms with E-state index in [4.69, 9.17) is 9.31 Å². The first-order valence-corrected chi connectivity index (χ1v) is 8.34. The van der Waals surface area contributed by atoms with Crippen molar-refractivity contribution in [2.24, 2.45) is 0 Å². The molecule has 0 amide bonds. The standard InChI is InChI=1S/C18H23BF2O2/c1-15(2)16(3,4)23-19(22-15)18-9-17(10-18,11-18)13-8-6-5-7-12(13)14(20)21/h5-8,14H,9-11H2,1-4H3. The van der Waals surface area contributed by atoms with Gasteiger partial charge < -0.3 is 9.31 Å². The monoisotopic (exact) mass is 320 g/mol. The van der Waals surface area contributed by atoms with Crippen LogP contribution in [0.15, 0.2) is 24.3 Å². The van der Waals surface area contributed by atoms with E-state index in [-0.39, 0.29) is 34.6 Å². The summed E-state index contributed by atoms with van der Waals surface area (Å²) in [5.74, 6) is 0. The highest BCUT2D eigenvalue weighted by molar-refractivity contribution is 6.51. The predicted octanol–water partition coefficient (Wildman–Crippen LogP) is 4.89. The van der Waals surface area contributed by atoms with Crippen LogP contribution < -0.4 is 0 Å². The van der Waals surface area contributed by atoms with Gasteiger partial charge in [0.05, 0.1) is 11.2 Å². The van der Waals surface area contributed by atoms with Gasteiger partial charge in [-0.15, -0.1) is 0 Å². The summed E-state index contributed by atoms with van der Waals surface area (Å²) in [6.45, 7) is 8.22. The molecule has 0 atom stereocenters. The summed E-state index contributed by atoms with van der Waals surface area (Å²) in [6, 6.07) is 6.99. The molecule has 2 nitrogen and oxygen atoms in total. The molecule has 5 heteroatoms. The van der Waals surface area contributed by atoms with E-state index in [2.05, 4.69) is 27.7 Å². The molecule has 4 fully saturated rings. The number of hydrogen-bond acceptors (Lipinski definition) is 2. The average Bonchev–Trinajstić information content (AvgIpc) is 2.55. The minimum atomic E-state index is -2.41. The number of rotatable bonds is 3. The fourth-order valence-corrected chi connectivity index (χ4v) is 4.67. The van der Waals surface area contributed by atoms with Crippen molar-refractivity contribution in [3.05, 3.63) is 35.4 Å². The first-order chi connectivity index (χ1) is 10.6. The first kappa shape index (κ1) is 15.6. The lowest BCUT2D eigenvalue weighted by Crippen LogP contribution is -2.66. The second-order valence-corrected chi connectivity index (χ2v) is 8.65. The molecule has 124 valence electrons. The summed E-state index contributed by atoms with van der Waals surface area (Å²) >= 11 is 0. The van der Waals surface area contributed by atoms with Crippen LogP contribution in [-0.2, 0) is 14.7 Å². The number of hydrogen-bond donors (Lipinski definition) is 0. The maximum atomic E-state index is 13.3. The molecule has 3 saturated carbocycles. The first-order valence-electron chi connectivity index (χ1n) is 8.34. The minimum absolute atomic E-state index is 0.0142. The quantitative estimate of drug-likeness (QED) is 0.738. The summed E-state index contributed by atoms with van der Waals surface area (Å²) in [6.07, 6.45) is 0.259. The predicted molar refractivity (Wildman–Crippen MR) is 85.7 cm³/mol. The van der Waals surface area contributed by atoms with Gasteiger partial charge in [0.1, 0.15) is 0 Å². The van der Waals surface area contributed by atoms with E-state index >= 15 is 0 Å². The molecule has 1 aromatic carbocycles. The third-order valence-electron chi connectivity index (χ3n) is 6.59. The van der Waals surface area contributed by atoms with Gasteiger partial charge in [-0.1, -0.05) is 24.3 Å². The third-order valence-corrected chi connectivity index (χ3v) is 6.59. The van der Waals surface area contributed by atoms with E-state index in [1.807, 2.05) is 12.1 Å². The molecule has 0 radical (unpaired) electrons. The molecule has 1 aromatic rings. The van der Waals surface area contributed by atoms with Crippen molar-refractivity contribution < 1.29 is 18.1 Å². The molecule has 0 unspecified atom stereocenters. The zero-order valence-electron chi connectivity index (χ0n) is 14.2. The topological polar surface area (TPSA) is 18.5 Å². The second-order valence-electron chi connectivity index (χ2n) is 8.65. The van der Waals surface area contributed by atoms with Crippen molar-refractivity contribution in [2.75, 3.05) is 0 Å². The summed E-state index contributed by atoms with van der Waals surface area (Å²) in [5.41, 5.74) is 0.266. The lowest BCUT2D eigenvalue weighted by Gasteiger charge is -2.71. The number of alkyl halides is 2. The van der Waals surface area contributed by atoms with Gasteiger partial charge in [0.15, 0.2) is 0 Å². The molecule has 0 aromatic heterocycles. The van der Waals surface area contributed by atoms with Crippen LogP contribution in [0.3, 0.4) is 0 Å². The highest BCUT2D eigenvalue weighted by atomic mass is 19.3. The van der Waals surface area contributed by atoms with Gasteiger partial charge in [-0.25, -0.2) is 8.78 Å². The molecule has 5 rings (SSSR count). The van der Waals surface area contributed by atoms with Crippen LogP contribution in [0.5, 0.6) is 0 Å². The Bertz CT molecular complexity index is 620. The van der Waals surface area contributed by atoms with Crippen molar-refractivity contribution in [3.8, 4) is 0 Å². The van der Waals surface area contributed by atoms with Crippen LogP contribution in [-0.4, -0.2) is 18.3 Å². The Morgan fingerprint density at radius 2 is 1.48 bits per heavy atom. The van der Waals surface area contributed by atoms with E-state index in [1.165, 1.54) is 0 Å². The van der Waals surface area contributed by atoms with Crippen molar-refractivity contribution in [1.82, 2.24) is 0 Å². The van der Waals surface area contributed by atoms with Crippen molar-refractivity contribution in [3.63, 3.8) is 0 Å². The minimum Gasteiger partial charge on any atom is -0.403 e. The van der Waals surface area contributed by atoms with Gasteiger partial charge in [0, 0.05) is 10.9 Å². The summed E-state index contributed by atoms with van der Waals surface area (Å²) < 4.78 is 39.0. The van der Waals surface area contributed by atoms with Crippen LogP contribution in [0.2, 0.25) is 5.31 Å². The Morgan fingerprint density at radius 3 is 2.00 bits per heavy atom. The van der Waals surface area contributed by atoms with E-state index in [0.29, 0.717) is 0 Å². The highest BCUT2D eigenvalue weighted by Crippen LogP contribution is 2.81. The summed E-state index contributed by atoms with van der Waals surface area (Å²) in [7, 11) is -0.215. The smallest absolute Gasteiger partial charge is 0.403 e. The highest BCUT2D eigenvalue weighted by Gasteiger charge is 2.77. The molecule has 1 aliphatic heterocycles. The number of benzene rings is 1. The Hall–Kier alpha value is -0.935. The van der Waals surface area contributed by atoms with Gasteiger partial charge in [0.25, 0.3) is 6.43 Å². The van der Waals surface area contributed by atoms with Crippen LogP contribution in [0.25, 0.3) is 0 Å². The van der Waals surface area contributed by atoms with Crippen molar-refractivity contribution in [1.29, 1.82) is 0 Å². The largest absolute Gasteiger partial charge is 0.464 e. The van der Waals surface area contributed by atoms with Gasteiger partial charge in [-0.3, -0.25) is 0 Å². The van der Waals surface area contributed by atoms with Crippen LogP contribution in [0, 0.1) is 0 Å². The van der Waals surface area contributed by atoms with E-state index < -0.39 is 6.43 Å². The SMILES string of the molecule is CC1(C)OB(C23CC(c4ccccc4C(F)F)(C2)C3)OC1(C)C. The average molecular weight is 320 g/mol. The maximum absolute atomic E-state index is 13.3. The van der Waals surface area contributed by atoms with E-state index in [0.717, 1.165) is 24.8 Å². The molecule has 3 aliphatic carbocycles. The molecular formula is C18H23BF2O2. The fourth-order valence-electron chi connectivity index (χ4n) is 4.67. The maximum Gasteiger partial charge on any atom is 0.464 e. The molecule has 23 heavy (non-hydrogen) atoms. The molecule has 0 N–H and O–H groups in total. The normalized spacial score (nSPS) is 36.7. The number of halogens is 2. The zero-order chi connectivity index (χ0) is 16.7. The van der Waals surface area contributed by atoms with E-state index in [9.17, 15) is 8.78 Å². The molecule has 0 spiro atoms. The molecule has 1 heterocycles. The van der Waals surface area contributed by atoms with Crippen LogP contribution >= 0.6 is 0 Å². The Balaban J connectivity index is 1.54. The molecule has 2 bridgehead atoms. The molecular weight excluding hydrogens is 297 g/mol. The summed E-state index contributed by atoms with van der Waals surface area (Å²) in [4.78, 5) is 0. The Kier molecular flexibility index (Phi) is 2.96. The van der Waals surface area contributed by atoms with Gasteiger partial charge >= 0.3 is 7.12 Å². The lowest BCUT2D eigenvalue weighted by molar-refractivity contribution is -0.0407. The van der Waals surface area contributed by atoms with Crippen molar-refractivity contribution >= 4 is 7.12 Å². The second kappa shape index (κ2) is 4.37.